The van der Waals surface area contributed by atoms with Crippen molar-refractivity contribution in [3.63, 3.8) is 0 Å². The standard InChI is InChI=1S/C10H12ClNO5S2/c1-18(15)5-4-12-19(16,17)9-6-7(10(13)14)2-3-8(9)11/h2-3,6,12H,4-5H2,1H3,(H,13,14). The van der Waals surface area contributed by atoms with E-state index in [1.165, 1.54) is 18.4 Å². The van der Waals surface area contributed by atoms with Gasteiger partial charge in [-0.1, -0.05) is 11.6 Å². The number of carboxylic acid groups (broad SMARTS) is 1. The van der Waals surface area contributed by atoms with E-state index < -0.39 is 26.8 Å². The monoisotopic (exact) mass is 325 g/mol. The second-order valence-corrected chi connectivity index (χ2v) is 7.32. The average Bonchev–Trinajstić information content (AvgIpc) is 2.28. The van der Waals surface area contributed by atoms with Gasteiger partial charge in [-0.3, -0.25) is 4.21 Å². The summed E-state index contributed by atoms with van der Waals surface area (Å²) in [7, 11) is -5.05. The summed E-state index contributed by atoms with van der Waals surface area (Å²) in [6.07, 6.45) is 1.45. The Bertz CT molecular complexity index is 614. The van der Waals surface area contributed by atoms with Gasteiger partial charge in [-0.15, -0.1) is 0 Å². The van der Waals surface area contributed by atoms with E-state index >= 15 is 0 Å². The number of aromatic carboxylic acids is 1. The topological polar surface area (TPSA) is 101 Å². The number of nitrogens with one attached hydrogen (secondary N) is 1. The third-order valence-electron chi connectivity index (χ3n) is 2.15. The second kappa shape index (κ2) is 6.47. The Balaban J connectivity index is 3.03. The van der Waals surface area contributed by atoms with E-state index in [1.54, 1.807) is 0 Å². The third-order valence-corrected chi connectivity index (χ3v) is 4.87. The average molecular weight is 326 g/mol. The third kappa shape index (κ3) is 4.57. The fourth-order valence-corrected chi connectivity index (χ4v) is 3.31. The van der Waals surface area contributed by atoms with Crippen LogP contribution in [0.15, 0.2) is 23.1 Å². The molecule has 0 heterocycles. The molecule has 106 valence electrons. The number of rotatable bonds is 6. The number of hydrogen-bond acceptors (Lipinski definition) is 4. The molecule has 2 N–H and O–H groups in total. The molecule has 0 saturated carbocycles. The van der Waals surface area contributed by atoms with Crippen LogP contribution < -0.4 is 4.72 Å². The molecule has 0 aliphatic carbocycles. The van der Waals surface area contributed by atoms with Crippen LogP contribution in [-0.2, 0) is 20.8 Å². The summed E-state index contributed by atoms with van der Waals surface area (Å²) in [6.45, 7) is -0.0148. The normalized spacial score (nSPS) is 13.2. The van der Waals surface area contributed by atoms with Crippen molar-refractivity contribution in [1.29, 1.82) is 0 Å². The molecule has 1 rings (SSSR count). The minimum Gasteiger partial charge on any atom is -0.478 e. The largest absolute Gasteiger partial charge is 0.478 e. The molecule has 0 radical (unpaired) electrons. The van der Waals surface area contributed by atoms with Crippen LogP contribution in [0.2, 0.25) is 5.02 Å². The van der Waals surface area contributed by atoms with Gasteiger partial charge in [0.2, 0.25) is 10.0 Å². The molecular weight excluding hydrogens is 314 g/mol. The van der Waals surface area contributed by atoms with Gasteiger partial charge >= 0.3 is 5.97 Å². The van der Waals surface area contributed by atoms with Crippen molar-refractivity contribution in [3.8, 4) is 0 Å². The zero-order valence-electron chi connectivity index (χ0n) is 9.92. The Kier molecular flexibility index (Phi) is 5.48. The molecule has 0 saturated heterocycles. The molecule has 0 amide bonds. The number of carbonyl (C=O) groups is 1. The minimum absolute atomic E-state index is 0.0148. The van der Waals surface area contributed by atoms with E-state index in [2.05, 4.69) is 4.72 Å². The van der Waals surface area contributed by atoms with E-state index in [0.29, 0.717) is 0 Å². The highest BCUT2D eigenvalue weighted by atomic mass is 35.5. The maximum atomic E-state index is 11.9. The van der Waals surface area contributed by atoms with E-state index in [1.807, 2.05) is 0 Å². The van der Waals surface area contributed by atoms with Crippen LogP contribution in [-0.4, -0.2) is 42.3 Å². The Labute approximate surface area is 118 Å². The molecule has 6 nitrogen and oxygen atoms in total. The molecule has 0 bridgehead atoms. The smallest absolute Gasteiger partial charge is 0.335 e. The first-order valence-electron chi connectivity index (χ1n) is 5.06. The number of halogens is 1. The lowest BCUT2D eigenvalue weighted by Crippen LogP contribution is -2.28. The lowest BCUT2D eigenvalue weighted by molar-refractivity contribution is 0.0696. The first kappa shape index (κ1) is 16.1. The summed E-state index contributed by atoms with van der Waals surface area (Å²) >= 11 is 5.75. The van der Waals surface area contributed by atoms with Crippen LogP contribution in [0.3, 0.4) is 0 Å². The van der Waals surface area contributed by atoms with E-state index in [-0.39, 0.29) is 27.8 Å². The quantitative estimate of drug-likeness (QED) is 0.801. The van der Waals surface area contributed by atoms with Crippen LogP contribution in [0, 0.1) is 0 Å². The molecule has 0 aliphatic rings. The fourth-order valence-electron chi connectivity index (χ4n) is 1.24. The van der Waals surface area contributed by atoms with Crippen LogP contribution in [0.4, 0.5) is 0 Å². The molecular formula is C10H12ClNO5S2. The Morgan fingerprint density at radius 2 is 2.11 bits per heavy atom. The highest BCUT2D eigenvalue weighted by Gasteiger charge is 2.19. The molecule has 19 heavy (non-hydrogen) atoms. The molecule has 0 spiro atoms. The van der Waals surface area contributed by atoms with Crippen molar-refractivity contribution < 1.29 is 22.5 Å². The molecule has 0 aliphatic heterocycles. The van der Waals surface area contributed by atoms with E-state index in [0.717, 1.165) is 6.07 Å². The Hall–Kier alpha value is -0.960. The number of sulfonamides is 1. The number of carboxylic acids is 1. The molecule has 1 unspecified atom stereocenters. The molecule has 1 aromatic rings. The maximum Gasteiger partial charge on any atom is 0.335 e. The molecule has 9 heteroatoms. The van der Waals surface area contributed by atoms with Crippen LogP contribution >= 0.6 is 11.6 Å². The zero-order valence-corrected chi connectivity index (χ0v) is 12.3. The van der Waals surface area contributed by atoms with Gasteiger partial charge in [-0.05, 0) is 18.2 Å². The van der Waals surface area contributed by atoms with Crippen LogP contribution in [0.5, 0.6) is 0 Å². The maximum absolute atomic E-state index is 11.9. The highest BCUT2D eigenvalue weighted by molar-refractivity contribution is 7.89. The summed E-state index contributed by atoms with van der Waals surface area (Å²) in [5.74, 6) is -1.09. The summed E-state index contributed by atoms with van der Waals surface area (Å²) in [4.78, 5) is 10.5. The predicted octanol–water partition coefficient (Wildman–Crippen LogP) is 0.695. The first-order chi connectivity index (χ1) is 8.74. The second-order valence-electron chi connectivity index (χ2n) is 3.63. The van der Waals surface area contributed by atoms with Crippen LogP contribution in [0.1, 0.15) is 10.4 Å². The minimum atomic E-state index is -3.92. The van der Waals surface area contributed by atoms with Crippen molar-refractivity contribution in [2.75, 3.05) is 18.6 Å². The summed E-state index contributed by atoms with van der Waals surface area (Å²) in [5, 5.41) is 8.74. The van der Waals surface area contributed by atoms with Crippen molar-refractivity contribution in [1.82, 2.24) is 4.72 Å². The van der Waals surface area contributed by atoms with E-state index in [9.17, 15) is 17.4 Å². The summed E-state index contributed by atoms with van der Waals surface area (Å²) in [5.41, 5.74) is -0.177. The predicted molar refractivity (Wildman–Crippen MR) is 72.5 cm³/mol. The van der Waals surface area contributed by atoms with Crippen molar-refractivity contribution >= 4 is 38.4 Å². The first-order valence-corrected chi connectivity index (χ1v) is 8.65. The fraction of sp³-hybridized carbons (Fsp3) is 0.300. The van der Waals surface area contributed by atoms with Gasteiger partial charge in [0.15, 0.2) is 0 Å². The summed E-state index contributed by atoms with van der Waals surface area (Å²) in [6, 6.07) is 3.40. The van der Waals surface area contributed by atoms with Crippen molar-refractivity contribution in [2.45, 2.75) is 4.90 Å². The number of benzene rings is 1. The van der Waals surface area contributed by atoms with E-state index in [4.69, 9.17) is 16.7 Å². The van der Waals surface area contributed by atoms with Gasteiger partial charge in [0, 0.05) is 29.4 Å². The van der Waals surface area contributed by atoms with Crippen LogP contribution in [0.25, 0.3) is 0 Å². The summed E-state index contributed by atoms with van der Waals surface area (Å²) < 4.78 is 36.9. The SMILES string of the molecule is CS(=O)CCNS(=O)(=O)c1cc(C(=O)O)ccc1Cl. The molecule has 0 fully saturated rings. The van der Waals surface area contributed by atoms with Crippen molar-refractivity contribution in [3.05, 3.63) is 28.8 Å². The highest BCUT2D eigenvalue weighted by Crippen LogP contribution is 2.22. The molecule has 1 atom stereocenters. The lowest BCUT2D eigenvalue weighted by atomic mass is 10.2. The van der Waals surface area contributed by atoms with Gasteiger partial charge in [0.1, 0.15) is 4.90 Å². The molecule has 0 aromatic heterocycles. The van der Waals surface area contributed by atoms with Crippen molar-refractivity contribution in [2.24, 2.45) is 0 Å². The zero-order chi connectivity index (χ0) is 14.6. The lowest BCUT2D eigenvalue weighted by Gasteiger charge is -2.08. The number of hydrogen-bond donors (Lipinski definition) is 2. The Morgan fingerprint density at radius 3 is 2.63 bits per heavy atom. The Morgan fingerprint density at radius 1 is 1.47 bits per heavy atom. The van der Waals surface area contributed by atoms with Gasteiger partial charge < -0.3 is 5.11 Å². The van der Waals surface area contributed by atoms with Gasteiger partial charge in [-0.25, -0.2) is 17.9 Å². The van der Waals surface area contributed by atoms with Gasteiger partial charge in [-0.2, -0.15) is 0 Å². The molecule has 1 aromatic carbocycles. The van der Waals surface area contributed by atoms with Gasteiger partial charge in [0.05, 0.1) is 10.6 Å². The van der Waals surface area contributed by atoms with Gasteiger partial charge in [0.25, 0.3) is 0 Å².